The van der Waals surface area contributed by atoms with E-state index in [2.05, 4.69) is 10.1 Å². The van der Waals surface area contributed by atoms with E-state index in [4.69, 9.17) is 16.1 Å². The molecule has 0 bridgehead atoms. The highest BCUT2D eigenvalue weighted by molar-refractivity contribution is 6.30. The van der Waals surface area contributed by atoms with E-state index in [0.717, 1.165) is 5.56 Å². The van der Waals surface area contributed by atoms with E-state index in [-0.39, 0.29) is 11.8 Å². The lowest BCUT2D eigenvalue weighted by Crippen LogP contribution is -2.20. The summed E-state index contributed by atoms with van der Waals surface area (Å²) >= 11 is 5.95. The van der Waals surface area contributed by atoms with Gasteiger partial charge < -0.3 is 9.63 Å². The summed E-state index contributed by atoms with van der Waals surface area (Å²) in [6.07, 6.45) is 0.0452. The minimum Gasteiger partial charge on any atom is -0.393 e. The second-order valence-corrected chi connectivity index (χ2v) is 5.80. The molecule has 1 heterocycles. The first kappa shape index (κ1) is 15.0. The smallest absolute Gasteiger partial charge is 0.232 e. The van der Waals surface area contributed by atoms with Crippen molar-refractivity contribution in [3.63, 3.8) is 0 Å². The molecule has 2 unspecified atom stereocenters. The van der Waals surface area contributed by atoms with Crippen LogP contribution in [0.3, 0.4) is 0 Å². The van der Waals surface area contributed by atoms with Gasteiger partial charge in [0.25, 0.3) is 0 Å². The summed E-state index contributed by atoms with van der Waals surface area (Å²) in [4.78, 5) is 4.40. The number of aliphatic hydroxyl groups is 1. The molecule has 4 nitrogen and oxygen atoms in total. The molecular formula is C15H19ClN2O2. The summed E-state index contributed by atoms with van der Waals surface area (Å²) < 4.78 is 5.30. The van der Waals surface area contributed by atoms with E-state index in [1.165, 1.54) is 0 Å². The Balaban J connectivity index is 2.16. The van der Waals surface area contributed by atoms with Gasteiger partial charge in [-0.15, -0.1) is 0 Å². The van der Waals surface area contributed by atoms with E-state index >= 15 is 0 Å². The Bertz CT molecular complexity index is 559. The molecule has 0 spiro atoms. The van der Waals surface area contributed by atoms with Gasteiger partial charge in [0.2, 0.25) is 5.89 Å². The largest absolute Gasteiger partial charge is 0.393 e. The van der Waals surface area contributed by atoms with E-state index < -0.39 is 6.10 Å². The number of aromatic nitrogens is 2. The van der Waals surface area contributed by atoms with Crippen molar-refractivity contribution in [1.29, 1.82) is 0 Å². The average molecular weight is 295 g/mol. The van der Waals surface area contributed by atoms with Gasteiger partial charge in [0.15, 0.2) is 5.82 Å². The predicted octanol–water partition coefficient (Wildman–Crippen LogP) is 3.43. The predicted molar refractivity (Wildman–Crippen MR) is 77.8 cm³/mol. The SMILES string of the molecule is CC(C)C(c1nc(Cc2cccc(Cl)c2)no1)C(C)O. The zero-order valence-corrected chi connectivity index (χ0v) is 12.6. The normalized spacial score (nSPS) is 14.5. The number of aliphatic hydroxyl groups excluding tert-OH is 1. The molecule has 0 saturated heterocycles. The highest BCUT2D eigenvalue weighted by Gasteiger charge is 2.27. The van der Waals surface area contributed by atoms with Gasteiger partial charge in [-0.05, 0) is 30.5 Å². The molecule has 0 aliphatic heterocycles. The standard InChI is InChI=1S/C15H19ClN2O2/c1-9(2)14(10(3)19)15-17-13(18-20-15)8-11-5-4-6-12(16)7-11/h4-7,9-10,14,19H,8H2,1-3H3. The van der Waals surface area contributed by atoms with Crippen LogP contribution in [0, 0.1) is 5.92 Å². The third-order valence-electron chi connectivity index (χ3n) is 3.26. The van der Waals surface area contributed by atoms with Gasteiger partial charge >= 0.3 is 0 Å². The van der Waals surface area contributed by atoms with E-state index in [1.807, 2.05) is 38.1 Å². The van der Waals surface area contributed by atoms with Crippen molar-refractivity contribution in [1.82, 2.24) is 10.1 Å². The molecule has 1 aromatic heterocycles. The molecule has 2 rings (SSSR count). The van der Waals surface area contributed by atoms with Crippen LogP contribution in [-0.2, 0) is 6.42 Å². The Kier molecular flexibility index (Phi) is 4.78. The zero-order chi connectivity index (χ0) is 14.7. The average Bonchev–Trinajstić information content (AvgIpc) is 2.76. The van der Waals surface area contributed by atoms with Crippen molar-refractivity contribution in [2.45, 2.75) is 39.2 Å². The minimum atomic E-state index is -0.519. The Labute approximate surface area is 123 Å². The molecule has 0 amide bonds. The van der Waals surface area contributed by atoms with Crippen molar-refractivity contribution in [3.05, 3.63) is 46.6 Å². The van der Waals surface area contributed by atoms with Gasteiger partial charge in [0.05, 0.1) is 12.0 Å². The third-order valence-corrected chi connectivity index (χ3v) is 3.49. The molecular weight excluding hydrogens is 276 g/mol. The molecule has 0 fully saturated rings. The fourth-order valence-corrected chi connectivity index (χ4v) is 2.57. The Morgan fingerprint density at radius 1 is 1.30 bits per heavy atom. The maximum Gasteiger partial charge on any atom is 0.232 e. The molecule has 1 aromatic carbocycles. The van der Waals surface area contributed by atoms with Gasteiger partial charge in [0, 0.05) is 11.4 Å². The Hall–Kier alpha value is -1.39. The van der Waals surface area contributed by atoms with Gasteiger partial charge in [0.1, 0.15) is 0 Å². The first-order valence-electron chi connectivity index (χ1n) is 6.72. The number of rotatable bonds is 5. The lowest BCUT2D eigenvalue weighted by molar-refractivity contribution is 0.120. The molecule has 1 N–H and O–H groups in total. The quantitative estimate of drug-likeness (QED) is 0.918. The molecule has 0 radical (unpaired) electrons. The monoisotopic (exact) mass is 294 g/mol. The van der Waals surface area contributed by atoms with Crippen LogP contribution < -0.4 is 0 Å². The maximum atomic E-state index is 9.83. The summed E-state index contributed by atoms with van der Waals surface area (Å²) in [5.74, 6) is 1.19. The van der Waals surface area contributed by atoms with Gasteiger partial charge in [-0.1, -0.05) is 42.7 Å². The molecule has 108 valence electrons. The molecule has 5 heteroatoms. The van der Waals surface area contributed by atoms with Crippen molar-refractivity contribution in [2.75, 3.05) is 0 Å². The summed E-state index contributed by atoms with van der Waals surface area (Å²) in [6.45, 7) is 5.79. The first-order valence-corrected chi connectivity index (χ1v) is 7.10. The van der Waals surface area contributed by atoms with Crippen molar-refractivity contribution in [3.8, 4) is 0 Å². The van der Waals surface area contributed by atoms with Crippen LogP contribution in [0.1, 0.15) is 44.0 Å². The van der Waals surface area contributed by atoms with Crippen LogP contribution in [0.5, 0.6) is 0 Å². The highest BCUT2D eigenvalue weighted by atomic mass is 35.5. The molecule has 0 aliphatic rings. The van der Waals surface area contributed by atoms with Crippen molar-refractivity contribution < 1.29 is 9.63 Å². The number of hydrogen-bond donors (Lipinski definition) is 1. The second kappa shape index (κ2) is 6.37. The van der Waals surface area contributed by atoms with E-state index in [0.29, 0.717) is 23.2 Å². The number of halogens is 1. The fourth-order valence-electron chi connectivity index (χ4n) is 2.35. The topological polar surface area (TPSA) is 59.2 Å². The van der Waals surface area contributed by atoms with Crippen LogP contribution in [0.2, 0.25) is 5.02 Å². The summed E-state index contributed by atoms with van der Waals surface area (Å²) in [5, 5.41) is 14.5. The van der Waals surface area contributed by atoms with E-state index in [1.54, 1.807) is 6.92 Å². The lowest BCUT2D eigenvalue weighted by atomic mass is 9.91. The number of hydrogen-bond acceptors (Lipinski definition) is 4. The van der Waals surface area contributed by atoms with Crippen molar-refractivity contribution >= 4 is 11.6 Å². The molecule has 0 aliphatic carbocycles. The van der Waals surface area contributed by atoms with E-state index in [9.17, 15) is 5.11 Å². The van der Waals surface area contributed by atoms with Crippen LogP contribution in [0.15, 0.2) is 28.8 Å². The highest BCUT2D eigenvalue weighted by Crippen LogP contribution is 2.27. The molecule has 0 saturated carbocycles. The van der Waals surface area contributed by atoms with Gasteiger partial charge in [-0.25, -0.2) is 0 Å². The third kappa shape index (κ3) is 3.58. The lowest BCUT2D eigenvalue weighted by Gasteiger charge is -2.19. The zero-order valence-electron chi connectivity index (χ0n) is 11.9. The maximum absolute atomic E-state index is 9.83. The minimum absolute atomic E-state index is 0.143. The van der Waals surface area contributed by atoms with Gasteiger partial charge in [-0.3, -0.25) is 0 Å². The number of nitrogens with zero attached hydrogens (tertiary/aromatic N) is 2. The van der Waals surface area contributed by atoms with Crippen LogP contribution >= 0.6 is 11.6 Å². The van der Waals surface area contributed by atoms with Gasteiger partial charge in [-0.2, -0.15) is 4.98 Å². The Morgan fingerprint density at radius 2 is 2.05 bits per heavy atom. The second-order valence-electron chi connectivity index (χ2n) is 5.37. The fraction of sp³-hybridized carbons (Fsp3) is 0.467. The Morgan fingerprint density at radius 3 is 2.65 bits per heavy atom. The van der Waals surface area contributed by atoms with Crippen LogP contribution in [-0.4, -0.2) is 21.4 Å². The van der Waals surface area contributed by atoms with Crippen LogP contribution in [0.4, 0.5) is 0 Å². The molecule has 20 heavy (non-hydrogen) atoms. The first-order chi connectivity index (χ1) is 9.47. The molecule has 2 aromatic rings. The summed E-state index contributed by atoms with van der Waals surface area (Å²) in [7, 11) is 0. The molecule has 2 atom stereocenters. The summed E-state index contributed by atoms with van der Waals surface area (Å²) in [5.41, 5.74) is 1.03. The number of benzene rings is 1. The van der Waals surface area contributed by atoms with Crippen molar-refractivity contribution in [2.24, 2.45) is 5.92 Å². The summed E-state index contributed by atoms with van der Waals surface area (Å²) in [6, 6.07) is 7.57. The van der Waals surface area contributed by atoms with Crippen LogP contribution in [0.25, 0.3) is 0 Å².